The number of hydrogen-bond acceptors (Lipinski definition) is 4. The van der Waals surface area contributed by atoms with Crippen molar-refractivity contribution in [3.8, 4) is 22.6 Å². The van der Waals surface area contributed by atoms with Gasteiger partial charge in [0.15, 0.2) is 5.82 Å². The first-order valence-corrected chi connectivity index (χ1v) is 10.9. The summed E-state index contributed by atoms with van der Waals surface area (Å²) < 4.78 is 1.74. The van der Waals surface area contributed by atoms with Crippen molar-refractivity contribution in [1.82, 2.24) is 29.5 Å². The zero-order chi connectivity index (χ0) is 21.7. The molecule has 7 heteroatoms. The van der Waals surface area contributed by atoms with Crippen LogP contribution in [-0.4, -0.2) is 29.5 Å². The van der Waals surface area contributed by atoms with Crippen LogP contribution in [0.2, 0.25) is 0 Å². The van der Waals surface area contributed by atoms with Crippen LogP contribution in [0, 0.1) is 0 Å². The Balaban J connectivity index is 1.60. The lowest BCUT2D eigenvalue weighted by atomic mass is 10.1. The zero-order valence-corrected chi connectivity index (χ0v) is 17.5. The minimum atomic E-state index is -0.0320. The molecule has 1 saturated carbocycles. The molecule has 5 aromatic rings. The van der Waals surface area contributed by atoms with E-state index < -0.39 is 0 Å². The molecule has 0 saturated heterocycles. The molecule has 0 atom stereocenters. The molecule has 0 unspecified atom stereocenters. The quantitative estimate of drug-likeness (QED) is 0.385. The lowest BCUT2D eigenvalue weighted by Gasteiger charge is -2.12. The van der Waals surface area contributed by atoms with E-state index in [4.69, 9.17) is 9.97 Å². The normalized spacial score (nSPS) is 13.8. The zero-order valence-electron chi connectivity index (χ0n) is 17.5. The third kappa shape index (κ3) is 3.05. The van der Waals surface area contributed by atoms with E-state index in [1.807, 2.05) is 42.9 Å². The van der Waals surface area contributed by atoms with Crippen LogP contribution in [0.1, 0.15) is 30.9 Å². The third-order valence-corrected chi connectivity index (χ3v) is 6.09. The first-order valence-electron chi connectivity index (χ1n) is 10.9. The molecule has 5 aromatic heterocycles. The van der Waals surface area contributed by atoms with Crippen LogP contribution in [0.3, 0.4) is 0 Å². The Bertz CT molecular complexity index is 1540. The van der Waals surface area contributed by atoms with E-state index in [1.165, 1.54) is 0 Å². The van der Waals surface area contributed by atoms with E-state index in [0.29, 0.717) is 23.8 Å². The van der Waals surface area contributed by atoms with Crippen LogP contribution in [0.15, 0.2) is 66.5 Å². The molecule has 158 valence electrons. The van der Waals surface area contributed by atoms with Gasteiger partial charge in [0.1, 0.15) is 11.2 Å². The highest BCUT2D eigenvalue weighted by Crippen LogP contribution is 2.41. The highest BCUT2D eigenvalue weighted by Gasteiger charge is 2.27. The van der Waals surface area contributed by atoms with Crippen molar-refractivity contribution in [1.29, 1.82) is 0 Å². The van der Waals surface area contributed by atoms with Crippen molar-refractivity contribution in [2.24, 2.45) is 0 Å². The molecule has 5 heterocycles. The van der Waals surface area contributed by atoms with Gasteiger partial charge in [-0.1, -0.05) is 6.08 Å². The van der Waals surface area contributed by atoms with E-state index in [0.717, 1.165) is 58.2 Å². The first kappa shape index (κ1) is 18.7. The number of aromatic amines is 2. The average Bonchev–Trinajstić information content (AvgIpc) is 3.35. The fraction of sp³-hybridized carbons (Fsp3) is 0.200. The highest BCUT2D eigenvalue weighted by atomic mass is 16.1. The maximum atomic E-state index is 12.9. The van der Waals surface area contributed by atoms with Crippen LogP contribution < -0.4 is 5.56 Å². The Hall–Kier alpha value is -4.00. The lowest BCUT2D eigenvalue weighted by molar-refractivity contribution is 0.687. The maximum Gasteiger partial charge on any atom is 0.274 e. The summed E-state index contributed by atoms with van der Waals surface area (Å²) in [6, 6.07) is 7.99. The molecule has 1 aliphatic rings. The lowest BCUT2D eigenvalue weighted by Crippen LogP contribution is -2.20. The molecule has 1 fully saturated rings. The molecule has 0 bridgehead atoms. The van der Waals surface area contributed by atoms with Crippen molar-refractivity contribution in [3.63, 3.8) is 0 Å². The third-order valence-electron chi connectivity index (χ3n) is 6.09. The second-order valence-electron chi connectivity index (χ2n) is 8.26. The largest absolute Gasteiger partial charge is 0.357 e. The fourth-order valence-electron chi connectivity index (χ4n) is 4.27. The maximum absolute atomic E-state index is 12.9. The van der Waals surface area contributed by atoms with Gasteiger partial charge in [-0.2, -0.15) is 0 Å². The van der Waals surface area contributed by atoms with Gasteiger partial charge in [0, 0.05) is 64.8 Å². The van der Waals surface area contributed by atoms with Crippen molar-refractivity contribution in [2.75, 3.05) is 0 Å². The number of H-pyrrole nitrogens is 2. The Morgan fingerprint density at radius 1 is 1.09 bits per heavy atom. The summed E-state index contributed by atoms with van der Waals surface area (Å²) in [7, 11) is 0. The van der Waals surface area contributed by atoms with Gasteiger partial charge in [0.25, 0.3) is 5.56 Å². The molecule has 0 aromatic carbocycles. The van der Waals surface area contributed by atoms with Crippen molar-refractivity contribution in [3.05, 3.63) is 77.8 Å². The molecule has 2 N–H and O–H groups in total. The molecule has 0 spiro atoms. The van der Waals surface area contributed by atoms with Crippen LogP contribution in [0.5, 0.6) is 0 Å². The Morgan fingerprint density at radius 2 is 1.94 bits per heavy atom. The fourth-order valence-corrected chi connectivity index (χ4v) is 4.27. The van der Waals surface area contributed by atoms with Gasteiger partial charge >= 0.3 is 0 Å². The van der Waals surface area contributed by atoms with Gasteiger partial charge in [-0.25, -0.2) is 15.0 Å². The molecular weight excluding hydrogens is 400 g/mol. The second-order valence-corrected chi connectivity index (χ2v) is 8.26. The van der Waals surface area contributed by atoms with Crippen molar-refractivity contribution >= 4 is 21.9 Å². The number of rotatable bonds is 6. The summed E-state index contributed by atoms with van der Waals surface area (Å²) in [6.07, 6.45) is 12.2. The summed E-state index contributed by atoms with van der Waals surface area (Å²) >= 11 is 0. The minimum Gasteiger partial charge on any atom is -0.357 e. The molecule has 7 nitrogen and oxygen atoms in total. The standard InChI is InChI=1S/C25H22N6O/c1-2-3-12-31-14-19(16-6-9-26-22(16)25(31)32)21-13-20(15-4-5-15)29-24(30-21)18-8-11-28-23-17(18)7-10-27-23/h2,6-11,13-15,26H,1,3-5,12H2,(H,27,28). The molecule has 0 aliphatic heterocycles. The summed E-state index contributed by atoms with van der Waals surface area (Å²) in [6.45, 7) is 4.37. The van der Waals surface area contributed by atoms with E-state index >= 15 is 0 Å². The molecule has 6 rings (SSSR count). The van der Waals surface area contributed by atoms with E-state index in [-0.39, 0.29) is 5.56 Å². The molecule has 1 aliphatic carbocycles. The van der Waals surface area contributed by atoms with Gasteiger partial charge in [-0.15, -0.1) is 6.58 Å². The summed E-state index contributed by atoms with van der Waals surface area (Å²) in [5.74, 6) is 1.15. The van der Waals surface area contributed by atoms with E-state index in [2.05, 4.69) is 27.6 Å². The predicted octanol–water partition coefficient (Wildman–Crippen LogP) is 4.78. The average molecular weight is 422 g/mol. The molecular formula is C25H22N6O. The Kier molecular flexibility index (Phi) is 4.28. The van der Waals surface area contributed by atoms with Gasteiger partial charge < -0.3 is 14.5 Å². The number of aromatic nitrogens is 6. The van der Waals surface area contributed by atoms with Crippen molar-refractivity contribution in [2.45, 2.75) is 31.7 Å². The van der Waals surface area contributed by atoms with Crippen LogP contribution >= 0.6 is 0 Å². The Morgan fingerprint density at radius 3 is 2.78 bits per heavy atom. The van der Waals surface area contributed by atoms with E-state index in [9.17, 15) is 4.79 Å². The topological polar surface area (TPSA) is 92.2 Å². The minimum absolute atomic E-state index is 0.0320. The van der Waals surface area contributed by atoms with Gasteiger partial charge in [-0.05, 0) is 43.5 Å². The van der Waals surface area contributed by atoms with Gasteiger partial charge in [-0.3, -0.25) is 4.79 Å². The van der Waals surface area contributed by atoms with Crippen LogP contribution in [0.25, 0.3) is 44.6 Å². The summed E-state index contributed by atoms with van der Waals surface area (Å²) in [5, 5.41) is 1.87. The van der Waals surface area contributed by atoms with Crippen LogP contribution in [0.4, 0.5) is 0 Å². The number of pyridine rings is 2. The van der Waals surface area contributed by atoms with Crippen LogP contribution in [-0.2, 0) is 6.54 Å². The molecule has 32 heavy (non-hydrogen) atoms. The molecule has 0 radical (unpaired) electrons. The predicted molar refractivity (Wildman–Crippen MR) is 125 cm³/mol. The summed E-state index contributed by atoms with van der Waals surface area (Å²) in [5.41, 5.74) is 5.13. The number of hydrogen-bond donors (Lipinski definition) is 2. The monoisotopic (exact) mass is 422 g/mol. The summed E-state index contributed by atoms with van der Waals surface area (Å²) in [4.78, 5) is 33.5. The highest BCUT2D eigenvalue weighted by molar-refractivity contribution is 5.94. The number of allylic oxidation sites excluding steroid dienone is 1. The number of aryl methyl sites for hydroxylation is 1. The van der Waals surface area contributed by atoms with Gasteiger partial charge in [0.05, 0.1) is 5.69 Å². The smallest absolute Gasteiger partial charge is 0.274 e. The molecule has 0 amide bonds. The van der Waals surface area contributed by atoms with Gasteiger partial charge in [0.2, 0.25) is 0 Å². The number of nitrogens with one attached hydrogen (secondary N) is 2. The number of nitrogens with zero attached hydrogens (tertiary/aromatic N) is 4. The number of fused-ring (bicyclic) bond motifs is 2. The van der Waals surface area contributed by atoms with E-state index in [1.54, 1.807) is 10.8 Å². The second kappa shape index (κ2) is 7.30. The van der Waals surface area contributed by atoms with Crippen molar-refractivity contribution < 1.29 is 0 Å². The Labute approximate surface area is 183 Å². The SMILES string of the molecule is C=CCCn1cc(-c2cc(C3CC3)nc(-c3ccnc4[nH]ccc34)n2)c2cc[nH]c2c1=O. The first-order chi connectivity index (χ1) is 15.7.